The second-order valence-corrected chi connectivity index (χ2v) is 8.73. The molecule has 0 amide bonds. The molecule has 1 saturated heterocycles. The Labute approximate surface area is 211 Å². The largest absolute Gasteiger partial charge is 0.462 e. The first-order valence-electron chi connectivity index (χ1n) is 12.5. The number of anilines is 1. The minimum absolute atomic E-state index is 0.194. The average Bonchev–Trinajstić information content (AvgIpc) is 2.91. The minimum Gasteiger partial charge on any atom is -0.462 e. The van der Waals surface area contributed by atoms with Gasteiger partial charge in [-0.15, -0.1) is 0 Å². The van der Waals surface area contributed by atoms with E-state index in [9.17, 15) is 4.79 Å². The molecule has 0 bridgehead atoms. The molecule has 0 unspecified atom stereocenters. The molecule has 7 nitrogen and oxygen atoms in total. The van der Waals surface area contributed by atoms with Gasteiger partial charge in [-0.2, -0.15) is 0 Å². The maximum Gasteiger partial charge on any atom is 0.341 e. The van der Waals surface area contributed by atoms with Gasteiger partial charge in [0.2, 0.25) is 6.79 Å². The number of carbonyl (C=O) groups excluding carboxylic acids is 1. The monoisotopic (exact) mass is 485 g/mol. The Morgan fingerprint density at radius 2 is 1.61 bits per heavy atom. The van der Waals surface area contributed by atoms with Crippen molar-refractivity contribution in [2.24, 2.45) is 0 Å². The van der Waals surface area contributed by atoms with E-state index < -0.39 is 0 Å². The van der Waals surface area contributed by atoms with Crippen LogP contribution in [0.3, 0.4) is 0 Å². The van der Waals surface area contributed by atoms with Crippen LogP contribution in [0.15, 0.2) is 72.9 Å². The summed E-state index contributed by atoms with van der Waals surface area (Å²) in [6.07, 6.45) is 4.92. The minimum atomic E-state index is -0.317. The molecule has 2 aliphatic rings. The number of para-hydroxylation sites is 2. The summed E-state index contributed by atoms with van der Waals surface area (Å²) in [6.45, 7) is 6.74. The fourth-order valence-electron chi connectivity index (χ4n) is 4.74. The second-order valence-electron chi connectivity index (χ2n) is 8.73. The van der Waals surface area contributed by atoms with E-state index in [0.29, 0.717) is 18.0 Å². The zero-order valence-electron chi connectivity index (χ0n) is 20.6. The summed E-state index contributed by atoms with van der Waals surface area (Å²) in [5, 5.41) is 0. The molecule has 0 atom stereocenters. The third kappa shape index (κ3) is 5.21. The van der Waals surface area contributed by atoms with Gasteiger partial charge in [-0.05, 0) is 43.2 Å². The Kier molecular flexibility index (Phi) is 7.47. The van der Waals surface area contributed by atoms with E-state index in [-0.39, 0.29) is 12.8 Å². The number of hydrogen-bond acceptors (Lipinski definition) is 7. The first kappa shape index (κ1) is 23.9. The first-order chi connectivity index (χ1) is 17.7. The Hall–Kier alpha value is -3.84. The number of nitrogens with zero attached hydrogens (tertiary/aromatic N) is 3. The van der Waals surface area contributed by atoms with Gasteiger partial charge in [0.25, 0.3) is 0 Å². The van der Waals surface area contributed by atoms with Gasteiger partial charge in [-0.1, -0.05) is 42.5 Å². The van der Waals surface area contributed by atoms with Crippen molar-refractivity contribution in [2.45, 2.75) is 13.3 Å². The van der Waals surface area contributed by atoms with Crippen LogP contribution in [-0.2, 0) is 4.74 Å². The number of pyridine rings is 1. The number of benzene rings is 2. The number of aromatic nitrogens is 1. The lowest BCUT2D eigenvalue weighted by Crippen LogP contribution is -2.47. The van der Waals surface area contributed by atoms with E-state index in [2.05, 4.69) is 33.0 Å². The molecule has 2 aromatic carbocycles. The Morgan fingerprint density at radius 1 is 0.944 bits per heavy atom. The van der Waals surface area contributed by atoms with Gasteiger partial charge >= 0.3 is 5.97 Å². The normalized spacial score (nSPS) is 15.5. The Balaban J connectivity index is 1.27. The van der Waals surface area contributed by atoms with Gasteiger partial charge < -0.3 is 19.1 Å². The number of fused-ring (bicyclic) bond motifs is 2. The quantitative estimate of drug-likeness (QED) is 0.472. The highest BCUT2D eigenvalue weighted by Crippen LogP contribution is 2.37. The number of carbonyl (C=O) groups is 1. The molecule has 5 rings (SSSR count). The van der Waals surface area contributed by atoms with E-state index in [1.807, 2.05) is 43.3 Å². The maximum atomic E-state index is 12.4. The molecule has 186 valence electrons. The van der Waals surface area contributed by atoms with Gasteiger partial charge in [0, 0.05) is 50.0 Å². The fourth-order valence-corrected chi connectivity index (χ4v) is 4.74. The molecule has 2 aliphatic heterocycles. The molecule has 1 aromatic heterocycles. The number of hydrogen-bond donors (Lipinski definition) is 0. The molecule has 3 aromatic rings. The van der Waals surface area contributed by atoms with Crippen LogP contribution in [0, 0.1) is 0 Å². The summed E-state index contributed by atoms with van der Waals surface area (Å²) in [5.41, 5.74) is 3.83. The van der Waals surface area contributed by atoms with Crippen molar-refractivity contribution in [2.75, 3.05) is 51.0 Å². The van der Waals surface area contributed by atoms with Crippen LogP contribution in [0.4, 0.5) is 5.82 Å². The van der Waals surface area contributed by atoms with Crippen LogP contribution in [0.5, 0.6) is 11.5 Å². The molecule has 3 heterocycles. The van der Waals surface area contributed by atoms with Crippen LogP contribution >= 0.6 is 0 Å². The average molecular weight is 486 g/mol. The third-order valence-electron chi connectivity index (χ3n) is 6.53. The number of esters is 1. The highest BCUT2D eigenvalue weighted by molar-refractivity contribution is 5.94. The standard InChI is InChI=1S/C29H31N3O4/c1-2-34-29(33)25-11-7-15-30-28(25)32-19-17-31(18-20-32)16-8-12-22-23-9-3-5-13-26(23)35-21-36-27-14-6-4-10-24(22)27/h3-7,9-15H,2,8,16-21H2,1H3. The number of piperazine rings is 1. The van der Waals surface area contributed by atoms with E-state index in [0.717, 1.165) is 67.3 Å². The van der Waals surface area contributed by atoms with Crippen LogP contribution in [-0.4, -0.2) is 62.0 Å². The SMILES string of the molecule is CCOC(=O)c1cccnc1N1CCN(CCC=C2c3ccccc3OCOc3ccccc32)CC1. The fraction of sp³-hybridized carbons (Fsp3) is 0.310. The van der Waals surface area contributed by atoms with Crippen LogP contribution in [0.25, 0.3) is 5.57 Å². The van der Waals surface area contributed by atoms with Gasteiger partial charge in [0.1, 0.15) is 22.9 Å². The third-order valence-corrected chi connectivity index (χ3v) is 6.53. The molecule has 7 heteroatoms. The molecule has 0 spiro atoms. The molecular formula is C29H31N3O4. The van der Waals surface area contributed by atoms with Crippen molar-refractivity contribution in [1.82, 2.24) is 9.88 Å². The zero-order valence-corrected chi connectivity index (χ0v) is 20.6. The highest BCUT2D eigenvalue weighted by atomic mass is 16.7. The summed E-state index contributed by atoms with van der Waals surface area (Å²) in [6, 6.07) is 19.8. The van der Waals surface area contributed by atoms with E-state index in [4.69, 9.17) is 14.2 Å². The maximum absolute atomic E-state index is 12.4. The Morgan fingerprint density at radius 3 is 2.28 bits per heavy atom. The Bertz CT molecular complexity index is 1180. The van der Waals surface area contributed by atoms with Crippen LogP contribution in [0.1, 0.15) is 34.8 Å². The van der Waals surface area contributed by atoms with E-state index >= 15 is 0 Å². The molecule has 0 aliphatic carbocycles. The zero-order chi connectivity index (χ0) is 24.7. The van der Waals surface area contributed by atoms with Gasteiger partial charge in [-0.25, -0.2) is 9.78 Å². The van der Waals surface area contributed by atoms with Crippen molar-refractivity contribution in [3.8, 4) is 11.5 Å². The van der Waals surface area contributed by atoms with E-state index in [1.54, 1.807) is 18.3 Å². The van der Waals surface area contributed by atoms with Gasteiger partial charge in [0.05, 0.1) is 6.61 Å². The van der Waals surface area contributed by atoms with Crippen LogP contribution in [0.2, 0.25) is 0 Å². The summed E-state index contributed by atoms with van der Waals surface area (Å²) in [4.78, 5) is 21.5. The summed E-state index contributed by atoms with van der Waals surface area (Å²) < 4.78 is 17.0. The summed E-state index contributed by atoms with van der Waals surface area (Å²) in [5.74, 6) is 2.06. The molecule has 1 fully saturated rings. The first-order valence-corrected chi connectivity index (χ1v) is 12.5. The molecule has 0 radical (unpaired) electrons. The molecule has 0 saturated carbocycles. The van der Waals surface area contributed by atoms with Crippen LogP contribution < -0.4 is 14.4 Å². The van der Waals surface area contributed by atoms with Crippen molar-refractivity contribution >= 4 is 17.4 Å². The summed E-state index contributed by atoms with van der Waals surface area (Å²) >= 11 is 0. The lowest BCUT2D eigenvalue weighted by molar-refractivity contribution is 0.0526. The lowest BCUT2D eigenvalue weighted by Gasteiger charge is -2.35. The van der Waals surface area contributed by atoms with Gasteiger partial charge in [0.15, 0.2) is 0 Å². The van der Waals surface area contributed by atoms with Gasteiger partial charge in [-0.3, -0.25) is 4.90 Å². The van der Waals surface area contributed by atoms with E-state index in [1.165, 1.54) is 0 Å². The predicted octanol–water partition coefficient (Wildman–Crippen LogP) is 4.63. The van der Waals surface area contributed by atoms with Crippen molar-refractivity contribution < 1.29 is 19.0 Å². The summed E-state index contributed by atoms with van der Waals surface area (Å²) in [7, 11) is 0. The van der Waals surface area contributed by atoms with Crippen molar-refractivity contribution in [3.05, 3.63) is 89.6 Å². The number of ether oxygens (including phenoxy) is 3. The molecular weight excluding hydrogens is 454 g/mol. The molecule has 0 N–H and O–H groups in total. The molecule has 36 heavy (non-hydrogen) atoms. The second kappa shape index (κ2) is 11.3. The van der Waals surface area contributed by atoms with Crippen molar-refractivity contribution in [1.29, 1.82) is 0 Å². The van der Waals surface area contributed by atoms with Crippen molar-refractivity contribution in [3.63, 3.8) is 0 Å². The topological polar surface area (TPSA) is 64.1 Å². The predicted molar refractivity (Wildman–Crippen MR) is 140 cm³/mol. The highest BCUT2D eigenvalue weighted by Gasteiger charge is 2.23. The number of rotatable bonds is 6. The lowest BCUT2D eigenvalue weighted by atomic mass is 9.95. The smallest absolute Gasteiger partial charge is 0.341 e.